The lowest BCUT2D eigenvalue weighted by Gasteiger charge is -2.15. The third kappa shape index (κ3) is 3.80. The first-order valence-electron chi connectivity index (χ1n) is 8.96. The van der Waals surface area contributed by atoms with E-state index in [2.05, 4.69) is 17.0 Å². The third-order valence-corrected chi connectivity index (χ3v) is 4.94. The molecule has 29 heavy (non-hydrogen) atoms. The molecule has 0 bridgehead atoms. The van der Waals surface area contributed by atoms with Gasteiger partial charge in [-0.25, -0.2) is 18.4 Å². The van der Waals surface area contributed by atoms with Gasteiger partial charge < -0.3 is 4.74 Å². The summed E-state index contributed by atoms with van der Waals surface area (Å²) in [6.07, 6.45) is 2.84. The number of halogens is 3. The SMILES string of the molecule is [CH2]Cc1cc(F)cc(Cl)c1COc1cccc2c(-n3cc(F)cn3)cc(C)nc12. The average molecular weight is 413 g/mol. The average Bonchev–Trinajstić information content (AvgIpc) is 3.12. The molecule has 0 saturated carbocycles. The summed E-state index contributed by atoms with van der Waals surface area (Å²) in [6.45, 7) is 5.82. The van der Waals surface area contributed by atoms with Crippen LogP contribution in [0.2, 0.25) is 5.02 Å². The third-order valence-electron chi connectivity index (χ3n) is 4.60. The highest BCUT2D eigenvalue weighted by atomic mass is 35.5. The summed E-state index contributed by atoms with van der Waals surface area (Å²) in [7, 11) is 0. The van der Waals surface area contributed by atoms with Crippen molar-refractivity contribution in [3.8, 4) is 11.4 Å². The van der Waals surface area contributed by atoms with Crippen LogP contribution in [0.1, 0.15) is 16.8 Å². The fraction of sp³-hybridized carbons (Fsp3) is 0.136. The molecule has 1 radical (unpaired) electrons. The lowest BCUT2D eigenvalue weighted by atomic mass is 10.1. The maximum Gasteiger partial charge on any atom is 0.161 e. The molecule has 0 amide bonds. The summed E-state index contributed by atoms with van der Waals surface area (Å²) in [5.74, 6) is -0.293. The molecule has 0 atom stereocenters. The van der Waals surface area contributed by atoms with Gasteiger partial charge in [-0.15, -0.1) is 0 Å². The molecule has 4 rings (SSSR count). The van der Waals surface area contributed by atoms with E-state index in [1.807, 2.05) is 25.1 Å². The summed E-state index contributed by atoms with van der Waals surface area (Å²) in [6, 6.07) is 9.99. The van der Waals surface area contributed by atoms with Crippen molar-refractivity contribution in [3.63, 3.8) is 0 Å². The van der Waals surface area contributed by atoms with Crippen molar-refractivity contribution in [2.45, 2.75) is 20.0 Å². The highest BCUT2D eigenvalue weighted by Gasteiger charge is 2.14. The number of benzene rings is 2. The summed E-state index contributed by atoms with van der Waals surface area (Å²) in [4.78, 5) is 4.59. The van der Waals surface area contributed by atoms with Crippen LogP contribution in [0, 0.1) is 25.5 Å². The minimum Gasteiger partial charge on any atom is -0.487 e. The van der Waals surface area contributed by atoms with E-state index >= 15 is 0 Å². The fourth-order valence-corrected chi connectivity index (χ4v) is 3.54. The van der Waals surface area contributed by atoms with Gasteiger partial charge in [0.25, 0.3) is 0 Å². The Bertz CT molecular complexity index is 1210. The number of ether oxygens (including phenoxy) is 1. The molecule has 2 aromatic heterocycles. The van der Waals surface area contributed by atoms with Gasteiger partial charge in [0.2, 0.25) is 0 Å². The van der Waals surface area contributed by atoms with Crippen LogP contribution in [0.15, 0.2) is 48.8 Å². The summed E-state index contributed by atoms with van der Waals surface area (Å²) in [5, 5.41) is 5.11. The van der Waals surface area contributed by atoms with Gasteiger partial charge in [0.15, 0.2) is 5.82 Å². The zero-order valence-electron chi connectivity index (χ0n) is 15.6. The molecule has 0 aliphatic rings. The van der Waals surface area contributed by atoms with Crippen LogP contribution in [0.25, 0.3) is 16.6 Å². The molecular formula is C22H17ClF2N3O. The van der Waals surface area contributed by atoms with Crippen LogP contribution in [0.5, 0.6) is 5.75 Å². The molecule has 4 nitrogen and oxygen atoms in total. The van der Waals surface area contributed by atoms with Gasteiger partial charge in [0, 0.05) is 16.6 Å². The number of pyridine rings is 1. The Morgan fingerprint density at radius 1 is 1.17 bits per heavy atom. The Morgan fingerprint density at radius 2 is 2.00 bits per heavy atom. The van der Waals surface area contributed by atoms with E-state index in [1.54, 1.807) is 6.07 Å². The zero-order valence-corrected chi connectivity index (χ0v) is 16.4. The van der Waals surface area contributed by atoms with Crippen molar-refractivity contribution in [3.05, 3.63) is 89.2 Å². The molecule has 2 heterocycles. The maximum atomic E-state index is 13.6. The van der Waals surface area contributed by atoms with Crippen LogP contribution in [-0.2, 0) is 13.0 Å². The first-order valence-corrected chi connectivity index (χ1v) is 9.34. The normalized spacial score (nSPS) is 11.2. The van der Waals surface area contributed by atoms with Gasteiger partial charge in [-0.3, -0.25) is 0 Å². The summed E-state index contributed by atoms with van der Waals surface area (Å²) in [5.41, 5.74) is 3.42. The van der Waals surface area contributed by atoms with Crippen LogP contribution >= 0.6 is 11.6 Å². The lowest BCUT2D eigenvalue weighted by Crippen LogP contribution is -2.04. The molecular weight excluding hydrogens is 396 g/mol. The number of rotatable bonds is 5. The van der Waals surface area contributed by atoms with Gasteiger partial charge in [0.05, 0.1) is 23.1 Å². The number of fused-ring (bicyclic) bond motifs is 1. The first-order chi connectivity index (χ1) is 14.0. The predicted octanol–water partition coefficient (Wildman–Crippen LogP) is 5.62. The monoisotopic (exact) mass is 412 g/mol. The van der Waals surface area contributed by atoms with Crippen LogP contribution in [0.4, 0.5) is 8.78 Å². The quantitative estimate of drug-likeness (QED) is 0.427. The molecule has 0 fully saturated rings. The van der Waals surface area contributed by atoms with E-state index in [-0.39, 0.29) is 6.61 Å². The van der Waals surface area contributed by atoms with E-state index in [0.717, 1.165) is 17.3 Å². The van der Waals surface area contributed by atoms with Crippen molar-refractivity contribution < 1.29 is 13.5 Å². The van der Waals surface area contributed by atoms with E-state index in [9.17, 15) is 8.78 Å². The largest absolute Gasteiger partial charge is 0.487 e. The first kappa shape index (κ1) is 19.3. The highest BCUT2D eigenvalue weighted by molar-refractivity contribution is 6.31. The Hall–Kier alpha value is -2.99. The minimum atomic E-state index is -0.424. The second-order valence-corrected chi connectivity index (χ2v) is 7.01. The summed E-state index contributed by atoms with van der Waals surface area (Å²) >= 11 is 6.22. The molecule has 0 unspecified atom stereocenters. The highest BCUT2D eigenvalue weighted by Crippen LogP contribution is 2.31. The van der Waals surface area contributed by atoms with Crippen molar-refractivity contribution in [2.75, 3.05) is 0 Å². The molecule has 7 heteroatoms. The number of hydrogen-bond donors (Lipinski definition) is 0. The maximum absolute atomic E-state index is 13.6. The molecule has 0 saturated heterocycles. The van der Waals surface area contributed by atoms with Crippen LogP contribution in [-0.4, -0.2) is 14.8 Å². The smallest absolute Gasteiger partial charge is 0.161 e. The molecule has 2 aromatic carbocycles. The molecule has 0 N–H and O–H groups in total. The standard InChI is InChI=1S/C22H17ClF2N3O/c1-3-14-8-15(24)9-19(23)18(14)12-29-21-6-4-5-17-20(7-13(2)27-22(17)21)28-11-16(25)10-26-28/h4-11H,1,3,12H2,2H3. The Balaban J connectivity index is 1.75. The summed E-state index contributed by atoms with van der Waals surface area (Å²) < 4.78 is 34.6. The van der Waals surface area contributed by atoms with E-state index < -0.39 is 11.6 Å². The van der Waals surface area contributed by atoms with Crippen molar-refractivity contribution in [1.29, 1.82) is 0 Å². The van der Waals surface area contributed by atoms with Gasteiger partial charge in [-0.2, -0.15) is 5.10 Å². The topological polar surface area (TPSA) is 39.9 Å². The molecule has 147 valence electrons. The molecule has 0 spiro atoms. The van der Waals surface area contributed by atoms with Crippen molar-refractivity contribution in [1.82, 2.24) is 14.8 Å². The second kappa shape index (κ2) is 7.79. The van der Waals surface area contributed by atoms with Crippen molar-refractivity contribution in [2.24, 2.45) is 0 Å². The number of aryl methyl sites for hydroxylation is 1. The Labute approximate surface area is 171 Å². The molecule has 0 aliphatic heterocycles. The van der Waals surface area contributed by atoms with Gasteiger partial charge in [-0.1, -0.05) is 23.7 Å². The fourth-order valence-electron chi connectivity index (χ4n) is 3.26. The number of para-hydroxylation sites is 1. The van der Waals surface area contributed by atoms with E-state index in [4.69, 9.17) is 16.3 Å². The van der Waals surface area contributed by atoms with Crippen molar-refractivity contribution >= 4 is 22.5 Å². The number of aromatic nitrogens is 3. The van der Waals surface area contributed by atoms with Gasteiger partial charge >= 0.3 is 0 Å². The Morgan fingerprint density at radius 3 is 2.72 bits per heavy atom. The van der Waals surface area contributed by atoms with Crippen LogP contribution in [0.3, 0.4) is 0 Å². The minimum absolute atomic E-state index is 0.143. The number of hydrogen-bond acceptors (Lipinski definition) is 3. The number of nitrogens with zero attached hydrogens (tertiary/aromatic N) is 3. The second-order valence-electron chi connectivity index (χ2n) is 6.60. The lowest BCUT2D eigenvalue weighted by molar-refractivity contribution is 0.308. The Kier molecular flexibility index (Phi) is 5.20. The zero-order chi connectivity index (χ0) is 20.5. The van der Waals surface area contributed by atoms with Gasteiger partial charge in [0.1, 0.15) is 23.7 Å². The molecule has 0 aliphatic carbocycles. The van der Waals surface area contributed by atoms with Crippen LogP contribution < -0.4 is 4.74 Å². The van der Waals surface area contributed by atoms with Gasteiger partial charge in [-0.05, 0) is 50.1 Å². The van der Waals surface area contributed by atoms with E-state index in [0.29, 0.717) is 39.5 Å². The predicted molar refractivity (Wildman–Crippen MR) is 108 cm³/mol. The molecule has 4 aromatic rings. The van der Waals surface area contributed by atoms with E-state index in [1.165, 1.54) is 23.0 Å².